The lowest BCUT2D eigenvalue weighted by Gasteiger charge is -2.28. The SMILES string of the molecule is C[C@@H](CC1CCC1)Oc1cnccc1C(N)=O. The van der Waals surface area contributed by atoms with Gasteiger partial charge in [-0.25, -0.2) is 0 Å². The van der Waals surface area contributed by atoms with Gasteiger partial charge in [0.05, 0.1) is 17.9 Å². The summed E-state index contributed by atoms with van der Waals surface area (Å²) < 4.78 is 5.75. The highest BCUT2D eigenvalue weighted by atomic mass is 16.5. The van der Waals surface area contributed by atoms with Crippen molar-refractivity contribution in [2.24, 2.45) is 11.7 Å². The Morgan fingerprint density at radius 3 is 3.00 bits per heavy atom. The van der Waals surface area contributed by atoms with E-state index >= 15 is 0 Å². The molecule has 1 aliphatic rings. The first-order chi connectivity index (χ1) is 8.16. The van der Waals surface area contributed by atoms with Crippen LogP contribution in [0.1, 0.15) is 43.0 Å². The molecule has 0 unspecified atom stereocenters. The van der Waals surface area contributed by atoms with Crippen LogP contribution in [0, 0.1) is 5.92 Å². The van der Waals surface area contributed by atoms with Crippen LogP contribution < -0.4 is 10.5 Å². The second kappa shape index (κ2) is 5.17. The quantitative estimate of drug-likeness (QED) is 0.848. The van der Waals surface area contributed by atoms with Gasteiger partial charge in [-0.3, -0.25) is 9.78 Å². The van der Waals surface area contributed by atoms with Gasteiger partial charge in [0, 0.05) is 6.20 Å². The summed E-state index contributed by atoms with van der Waals surface area (Å²) in [5.41, 5.74) is 5.69. The fourth-order valence-electron chi connectivity index (χ4n) is 2.14. The molecule has 1 fully saturated rings. The Hall–Kier alpha value is -1.58. The van der Waals surface area contributed by atoms with Crippen LogP contribution in [-0.4, -0.2) is 17.0 Å². The molecule has 2 N–H and O–H groups in total. The van der Waals surface area contributed by atoms with Gasteiger partial charge < -0.3 is 10.5 Å². The van der Waals surface area contributed by atoms with Crippen molar-refractivity contribution in [3.8, 4) is 5.75 Å². The highest BCUT2D eigenvalue weighted by molar-refractivity contribution is 5.95. The molecule has 0 aromatic carbocycles. The van der Waals surface area contributed by atoms with Crippen LogP contribution in [0.4, 0.5) is 0 Å². The van der Waals surface area contributed by atoms with Gasteiger partial charge >= 0.3 is 0 Å². The molecule has 1 saturated carbocycles. The maximum Gasteiger partial charge on any atom is 0.252 e. The average Bonchev–Trinajstić information content (AvgIpc) is 2.24. The van der Waals surface area contributed by atoms with E-state index in [1.165, 1.54) is 19.3 Å². The van der Waals surface area contributed by atoms with Crippen molar-refractivity contribution in [2.45, 2.75) is 38.7 Å². The molecule has 0 saturated heterocycles. The maximum atomic E-state index is 11.2. The molecule has 1 aromatic heterocycles. The van der Waals surface area contributed by atoms with Gasteiger partial charge in [0.1, 0.15) is 0 Å². The van der Waals surface area contributed by atoms with Crippen molar-refractivity contribution < 1.29 is 9.53 Å². The lowest BCUT2D eigenvalue weighted by atomic mass is 9.82. The number of nitrogens with zero attached hydrogens (tertiary/aromatic N) is 1. The van der Waals surface area contributed by atoms with E-state index in [9.17, 15) is 4.79 Å². The van der Waals surface area contributed by atoms with E-state index in [0.717, 1.165) is 12.3 Å². The predicted octanol–water partition coefficient (Wildman–Crippen LogP) is 2.14. The Balaban J connectivity index is 1.99. The number of primary amides is 1. The lowest BCUT2D eigenvalue weighted by Crippen LogP contribution is -2.23. The van der Waals surface area contributed by atoms with Crippen LogP contribution >= 0.6 is 0 Å². The molecule has 0 aliphatic heterocycles. The Labute approximate surface area is 101 Å². The van der Waals surface area contributed by atoms with Gasteiger partial charge in [-0.05, 0) is 25.3 Å². The lowest BCUT2D eigenvalue weighted by molar-refractivity contribution is 0.0989. The van der Waals surface area contributed by atoms with E-state index in [1.807, 2.05) is 6.92 Å². The summed E-state index contributed by atoms with van der Waals surface area (Å²) in [6.45, 7) is 2.02. The minimum absolute atomic E-state index is 0.0996. The molecule has 1 amide bonds. The summed E-state index contributed by atoms with van der Waals surface area (Å²) in [6, 6.07) is 1.59. The smallest absolute Gasteiger partial charge is 0.252 e. The third-order valence-corrected chi connectivity index (χ3v) is 3.27. The monoisotopic (exact) mass is 234 g/mol. The first-order valence-corrected chi connectivity index (χ1v) is 6.07. The Morgan fingerprint density at radius 2 is 2.41 bits per heavy atom. The van der Waals surface area contributed by atoms with E-state index in [2.05, 4.69) is 4.98 Å². The number of hydrogen-bond donors (Lipinski definition) is 1. The minimum atomic E-state index is -0.474. The minimum Gasteiger partial charge on any atom is -0.488 e. The molecular formula is C13H18N2O2. The molecule has 0 spiro atoms. The fourth-order valence-corrected chi connectivity index (χ4v) is 2.14. The molecule has 4 nitrogen and oxygen atoms in total. The number of amides is 1. The largest absolute Gasteiger partial charge is 0.488 e. The summed E-state index contributed by atoms with van der Waals surface area (Å²) in [7, 11) is 0. The third-order valence-electron chi connectivity index (χ3n) is 3.27. The summed E-state index contributed by atoms with van der Waals surface area (Å²) in [5.74, 6) is 0.795. The van der Waals surface area contributed by atoms with Crippen molar-refractivity contribution >= 4 is 5.91 Å². The van der Waals surface area contributed by atoms with Crippen LogP contribution in [0.3, 0.4) is 0 Å². The molecule has 4 heteroatoms. The third kappa shape index (κ3) is 2.96. The van der Waals surface area contributed by atoms with Crippen molar-refractivity contribution in [1.82, 2.24) is 4.98 Å². The van der Waals surface area contributed by atoms with Crippen LogP contribution in [0.2, 0.25) is 0 Å². The van der Waals surface area contributed by atoms with E-state index in [-0.39, 0.29) is 6.10 Å². The molecule has 1 aromatic rings. The van der Waals surface area contributed by atoms with E-state index in [0.29, 0.717) is 11.3 Å². The number of carbonyl (C=O) groups is 1. The number of carbonyl (C=O) groups excluding carboxylic acids is 1. The predicted molar refractivity (Wildman–Crippen MR) is 64.8 cm³/mol. The zero-order chi connectivity index (χ0) is 12.3. The topological polar surface area (TPSA) is 65.2 Å². The molecule has 0 radical (unpaired) electrons. The summed E-state index contributed by atoms with van der Waals surface area (Å²) >= 11 is 0. The molecule has 0 bridgehead atoms. The highest BCUT2D eigenvalue weighted by Crippen LogP contribution is 2.31. The average molecular weight is 234 g/mol. The molecule has 1 heterocycles. The van der Waals surface area contributed by atoms with Crippen LogP contribution in [-0.2, 0) is 0 Å². The second-order valence-electron chi connectivity index (χ2n) is 4.70. The normalized spacial score (nSPS) is 17.2. The Kier molecular flexibility index (Phi) is 3.61. The fraction of sp³-hybridized carbons (Fsp3) is 0.538. The van der Waals surface area contributed by atoms with E-state index in [4.69, 9.17) is 10.5 Å². The van der Waals surface area contributed by atoms with Crippen LogP contribution in [0.5, 0.6) is 5.75 Å². The Morgan fingerprint density at radius 1 is 1.65 bits per heavy atom. The Bertz CT molecular complexity index is 402. The zero-order valence-electron chi connectivity index (χ0n) is 10.1. The zero-order valence-corrected chi connectivity index (χ0v) is 10.1. The van der Waals surface area contributed by atoms with E-state index in [1.54, 1.807) is 18.5 Å². The molecule has 1 atom stereocenters. The van der Waals surface area contributed by atoms with Gasteiger partial charge in [0.15, 0.2) is 5.75 Å². The summed E-state index contributed by atoms with van der Waals surface area (Å²) in [4.78, 5) is 15.2. The number of hydrogen-bond acceptors (Lipinski definition) is 3. The van der Waals surface area contributed by atoms with Crippen molar-refractivity contribution in [3.63, 3.8) is 0 Å². The van der Waals surface area contributed by atoms with Crippen molar-refractivity contribution in [3.05, 3.63) is 24.0 Å². The van der Waals surface area contributed by atoms with Gasteiger partial charge in [0.2, 0.25) is 0 Å². The van der Waals surface area contributed by atoms with Gasteiger partial charge in [-0.1, -0.05) is 19.3 Å². The van der Waals surface area contributed by atoms with E-state index < -0.39 is 5.91 Å². The number of pyridine rings is 1. The molecular weight excluding hydrogens is 216 g/mol. The number of ether oxygens (including phenoxy) is 1. The molecule has 1 aliphatic carbocycles. The van der Waals surface area contributed by atoms with Gasteiger partial charge in [-0.15, -0.1) is 0 Å². The van der Waals surface area contributed by atoms with Gasteiger partial charge in [0.25, 0.3) is 5.91 Å². The van der Waals surface area contributed by atoms with Crippen molar-refractivity contribution in [2.75, 3.05) is 0 Å². The standard InChI is InChI=1S/C13H18N2O2/c1-9(7-10-3-2-4-10)17-12-8-15-6-5-11(12)13(14)16/h5-6,8-10H,2-4,7H2,1H3,(H2,14,16)/t9-/m0/s1. The number of rotatable bonds is 5. The molecule has 92 valence electrons. The van der Waals surface area contributed by atoms with Gasteiger partial charge in [-0.2, -0.15) is 0 Å². The van der Waals surface area contributed by atoms with Crippen LogP contribution in [0.15, 0.2) is 18.5 Å². The number of aromatic nitrogens is 1. The van der Waals surface area contributed by atoms with Crippen LogP contribution in [0.25, 0.3) is 0 Å². The summed E-state index contributed by atoms with van der Waals surface area (Å²) in [5, 5.41) is 0. The highest BCUT2D eigenvalue weighted by Gasteiger charge is 2.21. The molecule has 2 rings (SSSR count). The number of nitrogens with two attached hydrogens (primary N) is 1. The summed E-state index contributed by atoms with van der Waals surface area (Å²) in [6.07, 6.45) is 8.15. The first-order valence-electron chi connectivity index (χ1n) is 6.07. The molecule has 17 heavy (non-hydrogen) atoms. The maximum absolute atomic E-state index is 11.2. The van der Waals surface area contributed by atoms with Crippen molar-refractivity contribution in [1.29, 1.82) is 0 Å². The first kappa shape index (κ1) is 11.9. The second-order valence-corrected chi connectivity index (χ2v) is 4.70.